The molecule has 0 saturated carbocycles. The number of nitrogen functional groups attached to an aromatic ring is 1. The maximum atomic E-state index is 7.01. The van der Waals surface area contributed by atoms with Crippen molar-refractivity contribution < 1.29 is 0 Å². The lowest BCUT2D eigenvalue weighted by Gasteiger charge is -2.14. The molecular weight excluding hydrogens is 611 g/mol. The maximum Gasteiger partial charge on any atom is 0.160 e. The molecule has 244 valence electrons. The van der Waals surface area contributed by atoms with Gasteiger partial charge in [-0.15, -0.1) is 0 Å². The zero-order valence-corrected chi connectivity index (χ0v) is 28.0. The Hall–Kier alpha value is -6.43. The van der Waals surface area contributed by atoms with Gasteiger partial charge in [-0.25, -0.2) is 9.97 Å². The van der Waals surface area contributed by atoms with E-state index in [0.29, 0.717) is 12.4 Å². The summed E-state index contributed by atoms with van der Waals surface area (Å²) in [6.45, 7) is 2.50. The van der Waals surface area contributed by atoms with Gasteiger partial charge in [0.05, 0.1) is 11.4 Å². The van der Waals surface area contributed by atoms with Crippen LogP contribution in [0, 0.1) is 12.3 Å². The minimum absolute atomic E-state index is 0.121. The van der Waals surface area contributed by atoms with Crippen LogP contribution in [-0.4, -0.2) is 15.8 Å². The van der Waals surface area contributed by atoms with Gasteiger partial charge in [0.25, 0.3) is 0 Å². The molecule has 8 aromatic rings. The first-order valence-electron chi connectivity index (χ1n) is 16.6. The average molecular weight is 650 g/mol. The van der Waals surface area contributed by atoms with Gasteiger partial charge in [0.2, 0.25) is 0 Å². The van der Waals surface area contributed by atoms with Gasteiger partial charge in [-0.2, -0.15) is 0 Å². The molecule has 50 heavy (non-hydrogen) atoms. The van der Waals surface area contributed by atoms with Crippen LogP contribution in [0.5, 0.6) is 0 Å². The Labute approximate surface area is 293 Å². The zero-order valence-electron chi connectivity index (χ0n) is 28.0. The van der Waals surface area contributed by atoms with Crippen LogP contribution in [0.2, 0.25) is 0 Å². The van der Waals surface area contributed by atoms with Crippen LogP contribution in [0.4, 0.5) is 0 Å². The SMILES string of the molecule is Cc1ccccc1.N=C(N)c1ccccc1.NCc1cc2ccccc2cc1-c1nc(-c2ccccc2)cc(-c2cccc3ccccc23)n1. The van der Waals surface area contributed by atoms with Crippen molar-refractivity contribution in [1.82, 2.24) is 9.97 Å². The Morgan fingerprint density at radius 1 is 0.540 bits per heavy atom. The van der Waals surface area contributed by atoms with Crippen molar-refractivity contribution in [2.75, 3.05) is 0 Å². The Balaban J connectivity index is 0.000000222. The van der Waals surface area contributed by atoms with E-state index in [4.69, 9.17) is 26.8 Å². The number of nitrogens with zero attached hydrogens (tertiary/aromatic N) is 2. The van der Waals surface area contributed by atoms with Crippen LogP contribution < -0.4 is 11.5 Å². The number of aromatic nitrogens is 2. The van der Waals surface area contributed by atoms with Crippen molar-refractivity contribution in [2.45, 2.75) is 13.5 Å². The third-order valence-corrected chi connectivity index (χ3v) is 8.32. The average Bonchev–Trinajstić information content (AvgIpc) is 3.18. The molecule has 5 heteroatoms. The minimum atomic E-state index is 0.121. The molecule has 0 saturated heterocycles. The van der Waals surface area contributed by atoms with Crippen molar-refractivity contribution in [2.24, 2.45) is 11.5 Å². The molecule has 0 unspecified atom stereocenters. The summed E-state index contributed by atoms with van der Waals surface area (Å²) in [7, 11) is 0. The molecule has 1 heterocycles. The molecule has 7 aromatic carbocycles. The quantitative estimate of drug-likeness (QED) is 0.128. The number of hydrogen-bond acceptors (Lipinski definition) is 4. The highest BCUT2D eigenvalue weighted by Crippen LogP contribution is 2.33. The van der Waals surface area contributed by atoms with Crippen molar-refractivity contribution >= 4 is 27.4 Å². The molecule has 0 aliphatic heterocycles. The van der Waals surface area contributed by atoms with E-state index in [1.807, 2.05) is 72.8 Å². The predicted molar refractivity (Wildman–Crippen MR) is 210 cm³/mol. The normalized spacial score (nSPS) is 10.4. The maximum absolute atomic E-state index is 7.01. The predicted octanol–water partition coefficient (Wildman–Crippen LogP) is 10.2. The third-order valence-electron chi connectivity index (χ3n) is 8.32. The molecule has 5 N–H and O–H groups in total. The third kappa shape index (κ3) is 8.16. The highest BCUT2D eigenvalue weighted by molar-refractivity contribution is 5.97. The number of nitrogens with one attached hydrogen (secondary N) is 1. The van der Waals surface area contributed by atoms with E-state index >= 15 is 0 Å². The first-order chi connectivity index (χ1) is 24.5. The van der Waals surface area contributed by atoms with Crippen LogP contribution in [-0.2, 0) is 6.54 Å². The number of hydrogen-bond donors (Lipinski definition) is 3. The Kier molecular flexibility index (Phi) is 10.8. The first kappa shape index (κ1) is 33.5. The second-order valence-corrected chi connectivity index (χ2v) is 11.8. The van der Waals surface area contributed by atoms with Gasteiger partial charge >= 0.3 is 0 Å². The van der Waals surface area contributed by atoms with Gasteiger partial charge < -0.3 is 11.5 Å². The number of rotatable bonds is 5. The summed E-state index contributed by atoms with van der Waals surface area (Å²) in [6.07, 6.45) is 0. The van der Waals surface area contributed by atoms with Gasteiger partial charge in [0.15, 0.2) is 5.82 Å². The lowest BCUT2D eigenvalue weighted by Crippen LogP contribution is -2.10. The molecule has 0 aliphatic carbocycles. The summed E-state index contributed by atoms with van der Waals surface area (Å²) in [5.41, 5.74) is 19.4. The highest BCUT2D eigenvalue weighted by atomic mass is 14.9. The van der Waals surface area contributed by atoms with Crippen LogP contribution in [0.1, 0.15) is 16.7 Å². The minimum Gasteiger partial charge on any atom is -0.384 e. The summed E-state index contributed by atoms with van der Waals surface area (Å²) < 4.78 is 0. The van der Waals surface area contributed by atoms with Gasteiger partial charge in [0, 0.05) is 28.8 Å². The lowest BCUT2D eigenvalue weighted by molar-refractivity contribution is 1.06. The standard InChI is InChI=1S/C31H23N3.C7H8N2.C7H8/c32-20-25-17-23-12-4-5-13-24(23)18-28(25)31-33-29(22-10-2-1-3-11-22)19-30(34-31)27-16-8-14-21-9-6-7-15-26(21)27;8-7(9)6-4-2-1-3-5-6;1-7-5-3-2-4-6-7/h1-19H,20,32H2;1-5H,(H3,8,9);2-6H,1H3. The Bertz CT molecular complexity index is 2330. The van der Waals surface area contributed by atoms with E-state index in [2.05, 4.69) is 110 Å². The topological polar surface area (TPSA) is 102 Å². The van der Waals surface area contributed by atoms with E-state index in [0.717, 1.165) is 44.6 Å². The fourth-order valence-corrected chi connectivity index (χ4v) is 5.73. The van der Waals surface area contributed by atoms with E-state index in [1.54, 1.807) is 0 Å². The van der Waals surface area contributed by atoms with Gasteiger partial charge in [0.1, 0.15) is 5.84 Å². The van der Waals surface area contributed by atoms with Crippen LogP contribution >= 0.6 is 0 Å². The van der Waals surface area contributed by atoms with Crippen molar-refractivity contribution in [3.8, 4) is 33.9 Å². The summed E-state index contributed by atoms with van der Waals surface area (Å²) >= 11 is 0. The molecule has 0 fully saturated rings. The van der Waals surface area contributed by atoms with Gasteiger partial charge in [-0.1, -0.05) is 163 Å². The summed E-state index contributed by atoms with van der Waals surface area (Å²) in [5.74, 6) is 0.811. The monoisotopic (exact) mass is 649 g/mol. The number of fused-ring (bicyclic) bond motifs is 2. The Morgan fingerprint density at radius 2 is 1.08 bits per heavy atom. The molecule has 5 nitrogen and oxygen atoms in total. The fraction of sp³-hybridized carbons (Fsp3) is 0.0444. The summed E-state index contributed by atoms with van der Waals surface area (Å²) in [4.78, 5) is 10.1. The molecule has 0 bridgehead atoms. The first-order valence-corrected chi connectivity index (χ1v) is 16.6. The van der Waals surface area contributed by atoms with Gasteiger partial charge in [-0.3, -0.25) is 5.41 Å². The molecule has 0 spiro atoms. The van der Waals surface area contributed by atoms with E-state index in [9.17, 15) is 0 Å². The molecule has 1 aromatic heterocycles. The molecule has 0 radical (unpaired) electrons. The highest BCUT2D eigenvalue weighted by Gasteiger charge is 2.15. The lowest BCUT2D eigenvalue weighted by atomic mass is 9.98. The van der Waals surface area contributed by atoms with Crippen molar-refractivity contribution in [3.63, 3.8) is 0 Å². The second kappa shape index (κ2) is 16.1. The Morgan fingerprint density at radius 3 is 1.68 bits per heavy atom. The summed E-state index contributed by atoms with van der Waals surface area (Å²) in [5, 5.41) is 11.7. The number of benzene rings is 7. The zero-order chi connectivity index (χ0) is 34.7. The summed E-state index contributed by atoms with van der Waals surface area (Å²) in [6, 6.07) is 59.3. The largest absolute Gasteiger partial charge is 0.384 e. The van der Waals surface area contributed by atoms with Crippen molar-refractivity contribution in [1.29, 1.82) is 5.41 Å². The van der Waals surface area contributed by atoms with Gasteiger partial charge in [-0.05, 0) is 52.2 Å². The smallest absolute Gasteiger partial charge is 0.160 e. The fourth-order valence-electron chi connectivity index (χ4n) is 5.73. The molecule has 0 amide bonds. The molecule has 0 aliphatic rings. The van der Waals surface area contributed by atoms with E-state index in [1.165, 1.54) is 21.7 Å². The van der Waals surface area contributed by atoms with Crippen LogP contribution in [0.15, 0.2) is 176 Å². The number of amidine groups is 1. The van der Waals surface area contributed by atoms with E-state index in [-0.39, 0.29) is 5.84 Å². The van der Waals surface area contributed by atoms with E-state index < -0.39 is 0 Å². The van der Waals surface area contributed by atoms with Crippen molar-refractivity contribution in [3.05, 3.63) is 193 Å². The second-order valence-electron chi connectivity index (χ2n) is 11.8. The molecule has 0 atom stereocenters. The van der Waals surface area contributed by atoms with Crippen LogP contribution in [0.25, 0.3) is 55.4 Å². The number of nitrogens with two attached hydrogens (primary N) is 2. The molecule has 8 rings (SSSR count). The van der Waals surface area contributed by atoms with Crippen LogP contribution in [0.3, 0.4) is 0 Å². The number of aryl methyl sites for hydroxylation is 1. The molecular formula is C45H39N5.